The molecule has 0 spiro atoms. The number of rotatable bonds is 5. The Morgan fingerprint density at radius 3 is 2.50 bits per heavy atom. The van der Waals surface area contributed by atoms with Gasteiger partial charge in [-0.15, -0.1) is 0 Å². The summed E-state index contributed by atoms with van der Waals surface area (Å²) in [4.78, 5) is 30.1. The van der Waals surface area contributed by atoms with Crippen LogP contribution in [0.25, 0.3) is 16.6 Å². The van der Waals surface area contributed by atoms with Crippen molar-refractivity contribution in [2.45, 2.75) is 33.4 Å². The average molecular weight is 402 g/mol. The molecular formula is C22H22N6O2. The van der Waals surface area contributed by atoms with E-state index in [0.29, 0.717) is 22.3 Å². The lowest BCUT2D eigenvalue weighted by Gasteiger charge is -2.14. The van der Waals surface area contributed by atoms with Gasteiger partial charge in [0.2, 0.25) is 5.91 Å². The minimum absolute atomic E-state index is 0.283. The Bertz CT molecular complexity index is 1260. The van der Waals surface area contributed by atoms with Crippen molar-refractivity contribution in [2.24, 2.45) is 0 Å². The zero-order valence-corrected chi connectivity index (χ0v) is 17.0. The highest BCUT2D eigenvalue weighted by atomic mass is 16.2. The predicted molar refractivity (Wildman–Crippen MR) is 113 cm³/mol. The molecule has 0 saturated carbocycles. The van der Waals surface area contributed by atoms with Gasteiger partial charge in [-0.3, -0.25) is 14.6 Å². The van der Waals surface area contributed by atoms with Crippen LogP contribution in [-0.4, -0.2) is 30.5 Å². The molecule has 1 atom stereocenters. The van der Waals surface area contributed by atoms with E-state index in [2.05, 4.69) is 20.5 Å². The van der Waals surface area contributed by atoms with Gasteiger partial charge in [-0.2, -0.15) is 10.2 Å². The van der Waals surface area contributed by atoms with Crippen LogP contribution in [0.4, 0.5) is 0 Å². The van der Waals surface area contributed by atoms with Crippen molar-refractivity contribution in [2.75, 3.05) is 0 Å². The van der Waals surface area contributed by atoms with Crippen molar-refractivity contribution < 1.29 is 4.79 Å². The van der Waals surface area contributed by atoms with Crippen molar-refractivity contribution in [3.05, 3.63) is 82.2 Å². The second-order valence-corrected chi connectivity index (χ2v) is 7.11. The van der Waals surface area contributed by atoms with Crippen molar-refractivity contribution in [3.63, 3.8) is 0 Å². The van der Waals surface area contributed by atoms with Crippen molar-refractivity contribution in [3.8, 4) is 5.69 Å². The molecule has 0 bridgehead atoms. The van der Waals surface area contributed by atoms with E-state index < -0.39 is 6.04 Å². The number of pyridine rings is 1. The van der Waals surface area contributed by atoms with Crippen LogP contribution >= 0.6 is 0 Å². The number of hydrogen-bond acceptors (Lipinski definition) is 5. The average Bonchev–Trinajstić information content (AvgIpc) is 3.13. The number of fused-ring (bicyclic) bond motifs is 1. The first-order valence-corrected chi connectivity index (χ1v) is 9.69. The molecule has 0 unspecified atom stereocenters. The molecule has 8 nitrogen and oxygen atoms in total. The molecule has 0 fully saturated rings. The quantitative estimate of drug-likeness (QED) is 0.553. The Morgan fingerprint density at radius 1 is 1.07 bits per heavy atom. The molecule has 0 radical (unpaired) electrons. The lowest BCUT2D eigenvalue weighted by Crippen LogP contribution is -2.37. The van der Waals surface area contributed by atoms with E-state index in [9.17, 15) is 9.59 Å². The zero-order chi connectivity index (χ0) is 21.3. The zero-order valence-electron chi connectivity index (χ0n) is 17.0. The Hall–Kier alpha value is -3.81. The summed E-state index contributed by atoms with van der Waals surface area (Å²) in [5, 5.41) is 12.3. The van der Waals surface area contributed by atoms with Crippen molar-refractivity contribution in [1.29, 1.82) is 0 Å². The SMILES string of the molecule is Cc1nn([C@@H](C)C(=O)NCc2ccccn2)c(=O)c2c(C)n(-c3ccccc3)nc12. The van der Waals surface area contributed by atoms with Gasteiger partial charge in [0, 0.05) is 6.20 Å². The maximum absolute atomic E-state index is 13.2. The number of amides is 1. The van der Waals surface area contributed by atoms with E-state index in [4.69, 9.17) is 0 Å². The minimum Gasteiger partial charge on any atom is -0.349 e. The molecule has 4 rings (SSSR count). The summed E-state index contributed by atoms with van der Waals surface area (Å²) in [6.07, 6.45) is 1.67. The number of aromatic nitrogens is 5. The van der Waals surface area contributed by atoms with Gasteiger partial charge in [0.1, 0.15) is 11.6 Å². The topological polar surface area (TPSA) is 94.7 Å². The molecule has 30 heavy (non-hydrogen) atoms. The van der Waals surface area contributed by atoms with Gasteiger partial charge in [0.05, 0.1) is 34.7 Å². The summed E-state index contributed by atoms with van der Waals surface area (Å²) in [7, 11) is 0. The van der Waals surface area contributed by atoms with Crippen molar-refractivity contribution >= 4 is 16.8 Å². The van der Waals surface area contributed by atoms with Crippen LogP contribution in [0.1, 0.15) is 30.0 Å². The molecule has 1 N–H and O–H groups in total. The van der Waals surface area contributed by atoms with Gasteiger partial charge in [0.25, 0.3) is 5.56 Å². The predicted octanol–water partition coefficient (Wildman–Crippen LogP) is 2.47. The molecule has 152 valence electrons. The third-order valence-electron chi connectivity index (χ3n) is 5.06. The molecular weight excluding hydrogens is 380 g/mol. The summed E-state index contributed by atoms with van der Waals surface area (Å²) in [6, 6.07) is 14.3. The number of hydrogen-bond donors (Lipinski definition) is 1. The smallest absolute Gasteiger partial charge is 0.278 e. The van der Waals surface area contributed by atoms with Gasteiger partial charge < -0.3 is 5.32 Å². The van der Waals surface area contributed by atoms with Crippen LogP contribution in [-0.2, 0) is 11.3 Å². The standard InChI is InChI=1S/C22H22N6O2/c1-14-20-19(15(2)27(26-20)18-10-5-4-6-11-18)22(30)28(25-14)16(3)21(29)24-13-17-9-7-8-12-23-17/h4-12,16H,13H2,1-3H3,(H,24,29)/t16-/m0/s1. The second-order valence-electron chi connectivity index (χ2n) is 7.11. The summed E-state index contributed by atoms with van der Waals surface area (Å²) >= 11 is 0. The molecule has 8 heteroatoms. The number of aryl methyl sites for hydroxylation is 2. The van der Waals surface area contributed by atoms with E-state index in [1.54, 1.807) is 24.7 Å². The monoisotopic (exact) mass is 402 g/mol. The van der Waals surface area contributed by atoms with Gasteiger partial charge >= 0.3 is 0 Å². The van der Waals surface area contributed by atoms with E-state index in [1.165, 1.54) is 4.68 Å². The van der Waals surface area contributed by atoms with Gasteiger partial charge in [-0.05, 0) is 45.0 Å². The molecule has 0 aliphatic heterocycles. The van der Waals surface area contributed by atoms with Crippen LogP contribution in [0.2, 0.25) is 0 Å². The molecule has 0 aliphatic rings. The van der Waals surface area contributed by atoms with E-state index >= 15 is 0 Å². The molecule has 0 saturated heterocycles. The number of nitrogens with one attached hydrogen (secondary N) is 1. The van der Waals surface area contributed by atoms with E-state index in [0.717, 1.165) is 11.4 Å². The third kappa shape index (κ3) is 3.47. The molecule has 1 aromatic carbocycles. The molecule has 1 amide bonds. The summed E-state index contributed by atoms with van der Waals surface area (Å²) in [6.45, 7) is 5.58. The Morgan fingerprint density at radius 2 is 1.80 bits per heavy atom. The minimum atomic E-state index is -0.774. The van der Waals surface area contributed by atoms with Crippen LogP contribution in [0.3, 0.4) is 0 Å². The van der Waals surface area contributed by atoms with Crippen LogP contribution in [0.5, 0.6) is 0 Å². The van der Waals surface area contributed by atoms with Crippen LogP contribution < -0.4 is 10.9 Å². The number of carbonyl (C=O) groups is 1. The fourth-order valence-electron chi connectivity index (χ4n) is 3.40. The lowest BCUT2D eigenvalue weighted by molar-refractivity contribution is -0.124. The number of para-hydroxylation sites is 1. The summed E-state index contributed by atoms with van der Waals surface area (Å²) in [5.74, 6) is -0.304. The van der Waals surface area contributed by atoms with Crippen LogP contribution in [0, 0.1) is 13.8 Å². The summed E-state index contributed by atoms with van der Waals surface area (Å²) in [5.41, 5.74) is 3.10. The number of benzene rings is 1. The highest BCUT2D eigenvalue weighted by Gasteiger charge is 2.23. The van der Waals surface area contributed by atoms with Crippen molar-refractivity contribution in [1.82, 2.24) is 29.9 Å². The van der Waals surface area contributed by atoms with E-state index in [1.807, 2.05) is 55.5 Å². The maximum Gasteiger partial charge on any atom is 0.278 e. The third-order valence-corrected chi connectivity index (χ3v) is 5.06. The van der Waals surface area contributed by atoms with Gasteiger partial charge in [0.15, 0.2) is 0 Å². The first-order chi connectivity index (χ1) is 14.5. The van der Waals surface area contributed by atoms with Gasteiger partial charge in [-0.25, -0.2) is 9.36 Å². The van der Waals surface area contributed by atoms with E-state index in [-0.39, 0.29) is 18.0 Å². The second kappa shape index (κ2) is 7.90. The van der Waals surface area contributed by atoms with Crippen LogP contribution in [0.15, 0.2) is 59.5 Å². The fraction of sp³-hybridized carbons (Fsp3) is 0.227. The Labute approximate surface area is 173 Å². The number of carbonyl (C=O) groups excluding carboxylic acids is 1. The Balaban J connectivity index is 1.69. The molecule has 4 aromatic rings. The fourth-order valence-corrected chi connectivity index (χ4v) is 3.40. The molecule has 3 aromatic heterocycles. The maximum atomic E-state index is 13.2. The first-order valence-electron chi connectivity index (χ1n) is 9.69. The normalized spacial score (nSPS) is 12.1. The number of nitrogens with zero attached hydrogens (tertiary/aromatic N) is 5. The Kier molecular flexibility index (Phi) is 5.14. The molecule has 3 heterocycles. The van der Waals surface area contributed by atoms with Gasteiger partial charge in [-0.1, -0.05) is 24.3 Å². The first kappa shape index (κ1) is 19.5. The lowest BCUT2D eigenvalue weighted by atomic mass is 10.2. The summed E-state index contributed by atoms with van der Waals surface area (Å²) < 4.78 is 2.96. The molecule has 0 aliphatic carbocycles. The highest BCUT2D eigenvalue weighted by molar-refractivity contribution is 5.84. The largest absolute Gasteiger partial charge is 0.349 e. The highest BCUT2D eigenvalue weighted by Crippen LogP contribution is 2.20.